The van der Waals surface area contributed by atoms with Crippen molar-refractivity contribution in [2.75, 3.05) is 12.3 Å². The summed E-state index contributed by atoms with van der Waals surface area (Å²) in [5.41, 5.74) is 6.89. The molecule has 0 spiro atoms. The topological polar surface area (TPSA) is 42.4 Å². The standard InChI is InChI=1S/C13H22N2OS/c1-9-11(3)17-5-4-15(9)8-12-6-13(7-14)16-10(12)2/h6,9,11H,4-5,7-8,14H2,1-3H3. The average molecular weight is 254 g/mol. The lowest BCUT2D eigenvalue weighted by Gasteiger charge is -2.37. The fourth-order valence-electron chi connectivity index (χ4n) is 2.28. The highest BCUT2D eigenvalue weighted by Gasteiger charge is 2.25. The van der Waals surface area contributed by atoms with Gasteiger partial charge in [-0.3, -0.25) is 4.90 Å². The molecule has 2 rings (SSSR count). The maximum Gasteiger partial charge on any atom is 0.118 e. The van der Waals surface area contributed by atoms with Crippen LogP contribution in [0.25, 0.3) is 0 Å². The van der Waals surface area contributed by atoms with Crippen LogP contribution in [0.1, 0.15) is 30.9 Å². The SMILES string of the molecule is Cc1oc(CN)cc1CN1CCSC(C)C1C. The smallest absolute Gasteiger partial charge is 0.118 e. The minimum Gasteiger partial charge on any atom is -0.465 e. The second-order valence-corrected chi connectivity index (χ2v) is 6.27. The summed E-state index contributed by atoms with van der Waals surface area (Å²) in [6.07, 6.45) is 0. The van der Waals surface area contributed by atoms with Crippen LogP contribution in [0.5, 0.6) is 0 Å². The van der Waals surface area contributed by atoms with Gasteiger partial charge < -0.3 is 10.2 Å². The van der Waals surface area contributed by atoms with Crippen LogP contribution in [0, 0.1) is 6.92 Å². The summed E-state index contributed by atoms with van der Waals surface area (Å²) in [7, 11) is 0. The van der Waals surface area contributed by atoms with Crippen LogP contribution >= 0.6 is 11.8 Å². The number of furan rings is 1. The minimum atomic E-state index is 0.489. The van der Waals surface area contributed by atoms with E-state index in [2.05, 4.69) is 36.6 Å². The summed E-state index contributed by atoms with van der Waals surface area (Å²) in [4.78, 5) is 2.54. The van der Waals surface area contributed by atoms with Gasteiger partial charge in [-0.25, -0.2) is 0 Å². The Morgan fingerprint density at radius 2 is 2.29 bits per heavy atom. The molecule has 2 N–H and O–H groups in total. The molecule has 1 aliphatic rings. The first-order valence-corrected chi connectivity index (χ1v) is 7.30. The molecule has 3 nitrogen and oxygen atoms in total. The molecule has 1 aromatic rings. The van der Waals surface area contributed by atoms with Crippen molar-refractivity contribution in [3.05, 3.63) is 23.2 Å². The van der Waals surface area contributed by atoms with E-state index in [1.807, 2.05) is 6.92 Å². The van der Waals surface area contributed by atoms with E-state index in [1.54, 1.807) is 0 Å². The molecule has 0 saturated carbocycles. The molecule has 96 valence electrons. The third kappa shape index (κ3) is 2.87. The van der Waals surface area contributed by atoms with Crippen LogP contribution in [0.4, 0.5) is 0 Å². The zero-order valence-corrected chi connectivity index (χ0v) is 11.7. The van der Waals surface area contributed by atoms with E-state index in [1.165, 1.54) is 17.9 Å². The lowest BCUT2D eigenvalue weighted by molar-refractivity contribution is 0.203. The van der Waals surface area contributed by atoms with Crippen LogP contribution in [-0.2, 0) is 13.1 Å². The van der Waals surface area contributed by atoms with Gasteiger partial charge in [0.15, 0.2) is 0 Å². The van der Waals surface area contributed by atoms with Gasteiger partial charge in [0.05, 0.1) is 6.54 Å². The van der Waals surface area contributed by atoms with Crippen molar-refractivity contribution >= 4 is 11.8 Å². The highest BCUT2D eigenvalue weighted by molar-refractivity contribution is 8.00. The van der Waals surface area contributed by atoms with E-state index in [0.717, 1.165) is 18.1 Å². The van der Waals surface area contributed by atoms with Crippen LogP contribution in [0.2, 0.25) is 0 Å². The molecule has 2 heterocycles. The first-order valence-electron chi connectivity index (χ1n) is 6.25. The number of hydrogen-bond acceptors (Lipinski definition) is 4. The van der Waals surface area contributed by atoms with Crippen molar-refractivity contribution in [3.8, 4) is 0 Å². The molecule has 1 aliphatic heterocycles. The quantitative estimate of drug-likeness (QED) is 0.899. The van der Waals surface area contributed by atoms with Crippen LogP contribution < -0.4 is 5.73 Å². The van der Waals surface area contributed by atoms with Crippen molar-refractivity contribution in [1.29, 1.82) is 0 Å². The largest absolute Gasteiger partial charge is 0.465 e. The van der Waals surface area contributed by atoms with Gasteiger partial charge in [0, 0.05) is 35.7 Å². The summed E-state index contributed by atoms with van der Waals surface area (Å²) in [5, 5.41) is 0.713. The van der Waals surface area contributed by atoms with E-state index >= 15 is 0 Å². The lowest BCUT2D eigenvalue weighted by Crippen LogP contribution is -2.43. The summed E-state index contributed by atoms with van der Waals surface area (Å²) in [5.74, 6) is 3.14. The van der Waals surface area contributed by atoms with Crippen LogP contribution in [-0.4, -0.2) is 28.5 Å². The van der Waals surface area contributed by atoms with Crippen molar-refractivity contribution in [3.63, 3.8) is 0 Å². The summed E-state index contributed by atoms with van der Waals surface area (Å²) in [6.45, 7) is 9.30. The first-order chi connectivity index (χ1) is 8.11. The van der Waals surface area contributed by atoms with Crippen LogP contribution in [0.15, 0.2) is 10.5 Å². The molecule has 1 aromatic heterocycles. The molecule has 0 bridgehead atoms. The van der Waals surface area contributed by atoms with E-state index in [0.29, 0.717) is 17.8 Å². The molecule has 0 radical (unpaired) electrons. The van der Waals surface area contributed by atoms with E-state index in [4.69, 9.17) is 10.2 Å². The number of hydrogen-bond donors (Lipinski definition) is 1. The molecule has 17 heavy (non-hydrogen) atoms. The van der Waals surface area contributed by atoms with Gasteiger partial charge in [-0.15, -0.1) is 0 Å². The number of thioether (sulfide) groups is 1. The Hall–Kier alpha value is -0.450. The predicted octanol–water partition coefficient (Wildman–Crippen LogP) is 2.37. The second kappa shape index (κ2) is 5.46. The van der Waals surface area contributed by atoms with Gasteiger partial charge in [0.2, 0.25) is 0 Å². The third-order valence-electron chi connectivity index (χ3n) is 3.66. The molecule has 1 fully saturated rings. The number of rotatable bonds is 3. The van der Waals surface area contributed by atoms with Crippen molar-refractivity contribution in [1.82, 2.24) is 4.90 Å². The second-order valence-electron chi connectivity index (χ2n) is 4.79. The highest BCUT2D eigenvalue weighted by atomic mass is 32.2. The minimum absolute atomic E-state index is 0.489. The van der Waals surface area contributed by atoms with Crippen molar-refractivity contribution in [2.45, 2.75) is 45.2 Å². The fourth-order valence-corrected chi connectivity index (χ4v) is 3.45. The number of nitrogens with two attached hydrogens (primary N) is 1. The van der Waals surface area contributed by atoms with E-state index in [-0.39, 0.29) is 0 Å². The monoisotopic (exact) mass is 254 g/mol. The molecule has 0 amide bonds. The lowest BCUT2D eigenvalue weighted by atomic mass is 10.1. The Bertz CT molecular complexity index is 377. The number of nitrogens with zero attached hydrogens (tertiary/aromatic N) is 1. The van der Waals surface area contributed by atoms with Crippen molar-refractivity contribution in [2.24, 2.45) is 5.73 Å². The molecule has 1 saturated heterocycles. The summed E-state index contributed by atoms with van der Waals surface area (Å²) in [6, 6.07) is 2.73. The zero-order valence-electron chi connectivity index (χ0n) is 10.9. The van der Waals surface area contributed by atoms with Crippen LogP contribution in [0.3, 0.4) is 0 Å². The number of aryl methyl sites for hydroxylation is 1. The Balaban J connectivity index is 2.06. The summed E-state index contributed by atoms with van der Waals surface area (Å²) >= 11 is 2.07. The molecular formula is C13H22N2OS. The Kier molecular flexibility index (Phi) is 4.17. The molecular weight excluding hydrogens is 232 g/mol. The zero-order chi connectivity index (χ0) is 12.4. The van der Waals surface area contributed by atoms with Gasteiger partial charge in [-0.05, 0) is 19.9 Å². The molecule has 4 heteroatoms. The maximum atomic E-state index is 5.61. The Morgan fingerprint density at radius 1 is 1.53 bits per heavy atom. The fraction of sp³-hybridized carbons (Fsp3) is 0.692. The van der Waals surface area contributed by atoms with Crippen molar-refractivity contribution < 1.29 is 4.42 Å². The maximum absolute atomic E-state index is 5.61. The normalized spacial score (nSPS) is 26.4. The molecule has 2 atom stereocenters. The van der Waals surface area contributed by atoms with E-state index < -0.39 is 0 Å². The van der Waals surface area contributed by atoms with Gasteiger partial charge in [-0.2, -0.15) is 11.8 Å². The Morgan fingerprint density at radius 3 is 2.94 bits per heavy atom. The van der Waals surface area contributed by atoms with Gasteiger partial charge >= 0.3 is 0 Å². The predicted molar refractivity (Wildman–Crippen MR) is 73.1 cm³/mol. The summed E-state index contributed by atoms with van der Waals surface area (Å²) < 4.78 is 5.61. The molecule has 2 unspecified atom stereocenters. The third-order valence-corrected chi connectivity index (χ3v) is 5.00. The van der Waals surface area contributed by atoms with E-state index in [9.17, 15) is 0 Å². The van der Waals surface area contributed by atoms with Gasteiger partial charge in [0.1, 0.15) is 11.5 Å². The molecule has 0 aliphatic carbocycles. The average Bonchev–Trinajstić information content (AvgIpc) is 2.66. The van der Waals surface area contributed by atoms with Gasteiger partial charge in [-0.1, -0.05) is 6.92 Å². The molecule has 0 aromatic carbocycles. The Labute approximate surface area is 108 Å². The highest BCUT2D eigenvalue weighted by Crippen LogP contribution is 2.26. The van der Waals surface area contributed by atoms with Gasteiger partial charge in [0.25, 0.3) is 0 Å². The first kappa shape index (κ1) is 13.0.